The average molecular weight is 306 g/mol. The molecule has 22 heavy (non-hydrogen) atoms. The molecule has 0 amide bonds. The molecule has 126 valence electrons. The van der Waals surface area contributed by atoms with Crippen molar-refractivity contribution in [2.75, 3.05) is 0 Å². The van der Waals surface area contributed by atoms with Crippen LogP contribution in [0.1, 0.15) is 84.0 Å². The topological polar surface area (TPSA) is 37.3 Å². The molecule has 1 aliphatic rings. The van der Waals surface area contributed by atoms with Gasteiger partial charge in [0.05, 0.1) is 0 Å². The molecular weight excluding hydrogens is 272 g/mol. The molecule has 0 heterocycles. The minimum absolute atomic E-state index is 0.289. The Morgan fingerprint density at radius 2 is 1.86 bits per heavy atom. The molecule has 0 aliphatic heterocycles. The normalized spacial score (nSPS) is 22.0. The van der Waals surface area contributed by atoms with Gasteiger partial charge < -0.3 is 5.11 Å². The third-order valence-corrected chi connectivity index (χ3v) is 4.69. The molecule has 1 fully saturated rings. The van der Waals surface area contributed by atoms with Gasteiger partial charge in [0.1, 0.15) is 0 Å². The fraction of sp³-hybridized carbons (Fsp3) is 0.750. The summed E-state index contributed by atoms with van der Waals surface area (Å²) in [5.74, 6) is 0.894. The smallest absolute Gasteiger partial charge is 0.303 e. The lowest BCUT2D eigenvalue weighted by Crippen LogP contribution is -2.03. The first kappa shape index (κ1) is 19.0. The molecule has 0 spiro atoms. The van der Waals surface area contributed by atoms with E-state index in [4.69, 9.17) is 5.11 Å². The van der Waals surface area contributed by atoms with Gasteiger partial charge >= 0.3 is 5.97 Å². The number of carbonyl (C=O) groups is 1. The largest absolute Gasteiger partial charge is 0.481 e. The lowest BCUT2D eigenvalue weighted by molar-refractivity contribution is -0.137. The Morgan fingerprint density at radius 3 is 2.64 bits per heavy atom. The Kier molecular flexibility index (Phi) is 10.8. The predicted molar refractivity (Wildman–Crippen MR) is 94.0 cm³/mol. The second kappa shape index (κ2) is 12.5. The number of unbranched alkanes of at least 4 members (excludes halogenated alkanes) is 5. The molecule has 1 unspecified atom stereocenters. The number of carboxylic acids is 1. The van der Waals surface area contributed by atoms with Crippen molar-refractivity contribution in [3.05, 3.63) is 24.3 Å². The van der Waals surface area contributed by atoms with Crippen LogP contribution in [0.25, 0.3) is 0 Å². The number of rotatable bonds is 12. The molecule has 1 rings (SSSR count). The lowest BCUT2D eigenvalue weighted by atomic mass is 9.92. The Morgan fingerprint density at radius 1 is 1.05 bits per heavy atom. The summed E-state index contributed by atoms with van der Waals surface area (Å²) in [7, 11) is 0. The molecule has 0 aromatic heterocycles. The molecule has 0 radical (unpaired) electrons. The zero-order valence-electron chi connectivity index (χ0n) is 14.3. The van der Waals surface area contributed by atoms with Gasteiger partial charge in [-0.15, -0.1) is 0 Å². The summed E-state index contributed by atoms with van der Waals surface area (Å²) in [5.41, 5.74) is 0. The first-order valence-corrected chi connectivity index (χ1v) is 9.27. The van der Waals surface area contributed by atoms with Crippen molar-refractivity contribution >= 4 is 5.97 Å². The minimum atomic E-state index is -0.687. The maximum absolute atomic E-state index is 10.4. The summed E-state index contributed by atoms with van der Waals surface area (Å²) < 4.78 is 0. The van der Waals surface area contributed by atoms with E-state index in [2.05, 4.69) is 31.2 Å². The van der Waals surface area contributed by atoms with Crippen molar-refractivity contribution in [1.29, 1.82) is 0 Å². The molecular formula is C20H34O2. The SMILES string of the molecule is CCCCCC/C=C/C1CCC[C@@H]1C/C=C\CCCC(=O)O. The summed E-state index contributed by atoms with van der Waals surface area (Å²) in [6, 6.07) is 0. The number of hydrogen-bond donors (Lipinski definition) is 1. The lowest BCUT2D eigenvalue weighted by Gasteiger charge is -2.14. The zero-order chi connectivity index (χ0) is 16.0. The van der Waals surface area contributed by atoms with Crippen LogP contribution in [-0.4, -0.2) is 11.1 Å². The summed E-state index contributed by atoms with van der Waals surface area (Å²) in [5, 5.41) is 8.60. The number of aliphatic carboxylic acids is 1. The van der Waals surface area contributed by atoms with Gasteiger partial charge in [-0.2, -0.15) is 0 Å². The van der Waals surface area contributed by atoms with Crippen molar-refractivity contribution in [2.45, 2.75) is 84.0 Å². The highest BCUT2D eigenvalue weighted by molar-refractivity contribution is 5.66. The van der Waals surface area contributed by atoms with E-state index in [0.717, 1.165) is 31.1 Å². The maximum atomic E-state index is 10.4. The second-order valence-electron chi connectivity index (χ2n) is 6.63. The second-order valence-corrected chi connectivity index (χ2v) is 6.63. The monoisotopic (exact) mass is 306 g/mol. The van der Waals surface area contributed by atoms with Gasteiger partial charge in [0.25, 0.3) is 0 Å². The van der Waals surface area contributed by atoms with Crippen LogP contribution in [0.5, 0.6) is 0 Å². The Bertz CT molecular complexity index is 344. The van der Waals surface area contributed by atoms with E-state index < -0.39 is 5.97 Å². The third kappa shape index (κ3) is 9.07. The van der Waals surface area contributed by atoms with Gasteiger partial charge in [0, 0.05) is 6.42 Å². The molecule has 1 N–H and O–H groups in total. The van der Waals surface area contributed by atoms with Crippen LogP contribution < -0.4 is 0 Å². The number of carboxylic acid groups (broad SMARTS) is 1. The summed E-state index contributed by atoms with van der Waals surface area (Å²) >= 11 is 0. The van der Waals surface area contributed by atoms with E-state index in [1.165, 1.54) is 51.4 Å². The van der Waals surface area contributed by atoms with Crippen LogP contribution in [0.15, 0.2) is 24.3 Å². The fourth-order valence-corrected chi connectivity index (χ4v) is 3.33. The third-order valence-electron chi connectivity index (χ3n) is 4.69. The molecule has 2 atom stereocenters. The molecule has 1 saturated carbocycles. The van der Waals surface area contributed by atoms with Gasteiger partial charge in [-0.05, 0) is 56.8 Å². The van der Waals surface area contributed by atoms with Crippen LogP contribution in [0.4, 0.5) is 0 Å². The standard InChI is InChI=1S/C20H34O2/c1-2-3-4-5-6-9-13-18-15-12-16-19(18)14-10-7-8-11-17-20(21)22/h7,9-10,13,18-19H,2-6,8,11-12,14-17H2,1H3,(H,21,22)/b10-7-,13-9+/t18?,19-/m0/s1. The highest BCUT2D eigenvalue weighted by Crippen LogP contribution is 2.35. The summed E-state index contributed by atoms with van der Waals surface area (Å²) in [4.78, 5) is 10.4. The van der Waals surface area contributed by atoms with Crippen molar-refractivity contribution in [3.63, 3.8) is 0 Å². The van der Waals surface area contributed by atoms with E-state index >= 15 is 0 Å². The van der Waals surface area contributed by atoms with Crippen LogP contribution in [0.2, 0.25) is 0 Å². The van der Waals surface area contributed by atoms with Crippen molar-refractivity contribution in [1.82, 2.24) is 0 Å². The zero-order valence-corrected chi connectivity index (χ0v) is 14.3. The Hall–Kier alpha value is -1.05. The Balaban J connectivity index is 2.15. The molecule has 0 aromatic carbocycles. The van der Waals surface area contributed by atoms with E-state index in [1.54, 1.807) is 0 Å². The van der Waals surface area contributed by atoms with Gasteiger partial charge in [-0.3, -0.25) is 4.79 Å². The van der Waals surface area contributed by atoms with Gasteiger partial charge in [-0.1, -0.05) is 56.9 Å². The Labute approximate surface area is 136 Å². The van der Waals surface area contributed by atoms with Gasteiger partial charge in [0.2, 0.25) is 0 Å². The van der Waals surface area contributed by atoms with Crippen LogP contribution >= 0.6 is 0 Å². The van der Waals surface area contributed by atoms with Gasteiger partial charge in [0.15, 0.2) is 0 Å². The van der Waals surface area contributed by atoms with E-state index in [1.807, 2.05) is 0 Å². The van der Waals surface area contributed by atoms with Crippen molar-refractivity contribution in [3.8, 4) is 0 Å². The molecule has 0 saturated heterocycles. The van der Waals surface area contributed by atoms with E-state index in [9.17, 15) is 4.79 Å². The molecule has 0 aromatic rings. The number of hydrogen-bond acceptors (Lipinski definition) is 1. The quantitative estimate of drug-likeness (QED) is 0.348. The first-order valence-electron chi connectivity index (χ1n) is 9.27. The highest BCUT2D eigenvalue weighted by atomic mass is 16.4. The predicted octanol–water partition coefficient (Wildman–Crippen LogP) is 6.13. The highest BCUT2D eigenvalue weighted by Gasteiger charge is 2.23. The molecule has 2 nitrogen and oxygen atoms in total. The van der Waals surface area contributed by atoms with E-state index in [-0.39, 0.29) is 6.42 Å². The summed E-state index contributed by atoms with van der Waals surface area (Å²) in [6.07, 6.45) is 23.1. The van der Waals surface area contributed by atoms with Crippen LogP contribution in [0.3, 0.4) is 0 Å². The summed E-state index contributed by atoms with van der Waals surface area (Å²) in [6.45, 7) is 2.26. The molecule has 2 heteroatoms. The van der Waals surface area contributed by atoms with Crippen LogP contribution in [0, 0.1) is 11.8 Å². The minimum Gasteiger partial charge on any atom is -0.481 e. The maximum Gasteiger partial charge on any atom is 0.303 e. The fourth-order valence-electron chi connectivity index (χ4n) is 3.33. The molecule has 1 aliphatic carbocycles. The van der Waals surface area contributed by atoms with Crippen molar-refractivity contribution in [2.24, 2.45) is 11.8 Å². The van der Waals surface area contributed by atoms with Crippen molar-refractivity contribution < 1.29 is 9.90 Å². The van der Waals surface area contributed by atoms with E-state index in [0.29, 0.717) is 0 Å². The first-order chi connectivity index (χ1) is 10.7. The molecule has 0 bridgehead atoms. The average Bonchev–Trinajstić information content (AvgIpc) is 2.93. The number of allylic oxidation sites excluding steroid dienone is 4. The van der Waals surface area contributed by atoms with Gasteiger partial charge in [-0.25, -0.2) is 0 Å². The van der Waals surface area contributed by atoms with Crippen LogP contribution in [-0.2, 0) is 4.79 Å².